The van der Waals surface area contributed by atoms with Crippen molar-refractivity contribution in [2.24, 2.45) is 0 Å². The number of rotatable bonds is 2. The third-order valence-corrected chi connectivity index (χ3v) is 5.43. The van der Waals surface area contributed by atoms with Crippen LogP contribution in [0.1, 0.15) is 15.2 Å². The van der Waals surface area contributed by atoms with E-state index >= 15 is 0 Å². The van der Waals surface area contributed by atoms with Crippen LogP contribution < -0.4 is 10.6 Å². The van der Waals surface area contributed by atoms with Gasteiger partial charge in [-0.05, 0) is 23.3 Å². The summed E-state index contributed by atoms with van der Waals surface area (Å²) < 4.78 is 4.90. The number of para-hydroxylation sites is 1. The number of carbonyl (C=O) groups excluding carboxylic acids is 1. The molecule has 2 heterocycles. The van der Waals surface area contributed by atoms with Gasteiger partial charge in [-0.25, -0.2) is 4.79 Å². The molecular formula is C19H16N2O2S. The monoisotopic (exact) mass is 336 g/mol. The van der Waals surface area contributed by atoms with Crippen molar-refractivity contribution in [2.75, 3.05) is 17.7 Å². The molecule has 1 aliphatic heterocycles. The van der Waals surface area contributed by atoms with Crippen molar-refractivity contribution in [3.63, 3.8) is 0 Å². The predicted octanol–water partition coefficient (Wildman–Crippen LogP) is 4.44. The molecule has 2 aromatic carbocycles. The Kier molecular flexibility index (Phi) is 3.50. The van der Waals surface area contributed by atoms with Crippen LogP contribution in [0.3, 0.4) is 0 Å². The van der Waals surface area contributed by atoms with E-state index in [9.17, 15) is 4.79 Å². The number of nitrogens with two attached hydrogens (primary N) is 1. The first-order chi connectivity index (χ1) is 11.7. The SMILES string of the molecule is COC(=O)c1sc2c(c1N)-c1ccccc1CN2c1ccccc1. The number of benzene rings is 2. The van der Waals surface area contributed by atoms with Gasteiger partial charge in [0.1, 0.15) is 9.88 Å². The third-order valence-electron chi connectivity index (χ3n) is 4.23. The lowest BCUT2D eigenvalue weighted by molar-refractivity contribution is 0.0607. The molecule has 0 fully saturated rings. The van der Waals surface area contributed by atoms with Crippen LogP contribution >= 0.6 is 11.3 Å². The molecule has 24 heavy (non-hydrogen) atoms. The van der Waals surface area contributed by atoms with E-state index < -0.39 is 5.97 Å². The average molecular weight is 336 g/mol. The van der Waals surface area contributed by atoms with Crippen molar-refractivity contribution in [2.45, 2.75) is 6.54 Å². The van der Waals surface area contributed by atoms with Gasteiger partial charge in [-0.1, -0.05) is 42.5 Å². The fourth-order valence-electron chi connectivity index (χ4n) is 3.09. The van der Waals surface area contributed by atoms with Gasteiger partial charge in [0, 0.05) is 17.8 Å². The van der Waals surface area contributed by atoms with E-state index in [0.29, 0.717) is 10.6 Å². The largest absolute Gasteiger partial charge is 0.465 e. The van der Waals surface area contributed by atoms with Crippen molar-refractivity contribution in [3.8, 4) is 11.1 Å². The Labute approximate surface area is 144 Å². The Balaban J connectivity index is 1.97. The number of fused-ring (bicyclic) bond motifs is 3. The predicted molar refractivity (Wildman–Crippen MR) is 97.8 cm³/mol. The summed E-state index contributed by atoms with van der Waals surface area (Å²) in [5, 5.41) is 0.984. The van der Waals surface area contributed by atoms with Gasteiger partial charge in [-0.15, -0.1) is 11.3 Å². The van der Waals surface area contributed by atoms with Crippen LogP contribution in [0.4, 0.5) is 16.4 Å². The van der Waals surface area contributed by atoms with E-state index in [0.717, 1.165) is 28.4 Å². The van der Waals surface area contributed by atoms with E-state index in [2.05, 4.69) is 29.2 Å². The Morgan fingerprint density at radius 3 is 2.58 bits per heavy atom. The Bertz CT molecular complexity index is 918. The van der Waals surface area contributed by atoms with Crippen LogP contribution in [0.15, 0.2) is 54.6 Å². The lowest BCUT2D eigenvalue weighted by Gasteiger charge is -2.30. The number of hydrogen-bond acceptors (Lipinski definition) is 5. The molecule has 0 radical (unpaired) electrons. The molecule has 120 valence electrons. The molecule has 1 aliphatic rings. The maximum Gasteiger partial charge on any atom is 0.350 e. The molecule has 0 atom stereocenters. The number of methoxy groups -OCH3 is 1. The van der Waals surface area contributed by atoms with Crippen molar-refractivity contribution in [3.05, 3.63) is 65.0 Å². The van der Waals surface area contributed by atoms with Crippen LogP contribution in [0.2, 0.25) is 0 Å². The zero-order valence-corrected chi connectivity index (χ0v) is 14.0. The van der Waals surface area contributed by atoms with Gasteiger partial charge >= 0.3 is 5.97 Å². The molecule has 0 saturated carbocycles. The molecule has 0 aliphatic carbocycles. The molecule has 5 heteroatoms. The summed E-state index contributed by atoms with van der Waals surface area (Å²) in [6.07, 6.45) is 0. The summed E-state index contributed by atoms with van der Waals surface area (Å²) in [6, 6.07) is 18.3. The smallest absolute Gasteiger partial charge is 0.350 e. The average Bonchev–Trinajstić information content (AvgIpc) is 2.99. The van der Waals surface area contributed by atoms with Crippen LogP contribution in [-0.4, -0.2) is 13.1 Å². The fourth-order valence-corrected chi connectivity index (χ4v) is 4.26. The second-order valence-electron chi connectivity index (χ2n) is 5.60. The number of esters is 1. The van der Waals surface area contributed by atoms with E-state index in [1.165, 1.54) is 24.0 Å². The normalized spacial score (nSPS) is 12.5. The van der Waals surface area contributed by atoms with Gasteiger partial charge < -0.3 is 15.4 Å². The van der Waals surface area contributed by atoms with Crippen molar-refractivity contribution in [1.82, 2.24) is 0 Å². The molecule has 2 N–H and O–H groups in total. The molecule has 0 amide bonds. The van der Waals surface area contributed by atoms with E-state index in [1.807, 2.05) is 30.3 Å². The van der Waals surface area contributed by atoms with Crippen LogP contribution in [0.25, 0.3) is 11.1 Å². The summed E-state index contributed by atoms with van der Waals surface area (Å²) in [7, 11) is 1.38. The minimum Gasteiger partial charge on any atom is -0.465 e. The van der Waals surface area contributed by atoms with Crippen molar-refractivity contribution in [1.29, 1.82) is 0 Å². The minimum atomic E-state index is -0.391. The molecule has 3 aromatic rings. The highest BCUT2D eigenvalue weighted by atomic mass is 32.1. The van der Waals surface area contributed by atoms with Crippen LogP contribution in [-0.2, 0) is 11.3 Å². The van der Waals surface area contributed by atoms with Crippen LogP contribution in [0.5, 0.6) is 0 Å². The van der Waals surface area contributed by atoms with E-state index in [-0.39, 0.29) is 0 Å². The number of carbonyl (C=O) groups is 1. The summed E-state index contributed by atoms with van der Waals surface area (Å²) >= 11 is 1.39. The highest BCUT2D eigenvalue weighted by Crippen LogP contribution is 2.51. The molecule has 0 spiro atoms. The molecule has 1 aromatic heterocycles. The standard InChI is InChI=1S/C19H16N2O2S/c1-23-19(22)17-16(20)15-14-10-6-5-7-12(14)11-21(18(15)24-17)13-8-3-2-4-9-13/h2-10H,11,20H2,1H3. The van der Waals surface area contributed by atoms with E-state index in [4.69, 9.17) is 10.5 Å². The van der Waals surface area contributed by atoms with Gasteiger partial charge in [0.2, 0.25) is 0 Å². The maximum absolute atomic E-state index is 12.1. The molecule has 4 nitrogen and oxygen atoms in total. The Morgan fingerprint density at radius 1 is 1.12 bits per heavy atom. The summed E-state index contributed by atoms with van der Waals surface area (Å²) in [4.78, 5) is 14.8. The first-order valence-electron chi connectivity index (χ1n) is 7.62. The van der Waals surface area contributed by atoms with Gasteiger partial charge in [0.25, 0.3) is 0 Å². The van der Waals surface area contributed by atoms with Gasteiger partial charge in [0.15, 0.2) is 0 Å². The first-order valence-corrected chi connectivity index (χ1v) is 8.43. The zero-order valence-electron chi connectivity index (χ0n) is 13.2. The number of nitrogens with zero attached hydrogens (tertiary/aromatic N) is 1. The Hall–Kier alpha value is -2.79. The number of nitrogen functional groups attached to an aromatic ring is 1. The topological polar surface area (TPSA) is 55.6 Å². The van der Waals surface area contributed by atoms with Crippen molar-refractivity contribution < 1.29 is 9.53 Å². The van der Waals surface area contributed by atoms with Gasteiger partial charge in [-0.2, -0.15) is 0 Å². The second kappa shape index (κ2) is 5.69. The Morgan fingerprint density at radius 2 is 1.83 bits per heavy atom. The molecule has 0 saturated heterocycles. The second-order valence-corrected chi connectivity index (χ2v) is 6.59. The first kappa shape index (κ1) is 14.8. The highest BCUT2D eigenvalue weighted by Gasteiger charge is 2.31. The number of hydrogen-bond donors (Lipinski definition) is 1. The maximum atomic E-state index is 12.1. The molecule has 0 unspecified atom stereocenters. The quantitative estimate of drug-likeness (QED) is 0.703. The summed E-state index contributed by atoms with van der Waals surface area (Å²) in [6.45, 7) is 0.744. The van der Waals surface area contributed by atoms with Crippen LogP contribution in [0, 0.1) is 0 Å². The molecule has 0 bridgehead atoms. The van der Waals surface area contributed by atoms with E-state index in [1.54, 1.807) is 0 Å². The number of ether oxygens (including phenoxy) is 1. The molecule has 4 rings (SSSR count). The lowest BCUT2D eigenvalue weighted by atomic mass is 9.95. The number of anilines is 3. The van der Waals surface area contributed by atoms with Gasteiger partial charge in [0.05, 0.1) is 12.8 Å². The lowest BCUT2D eigenvalue weighted by Crippen LogP contribution is -2.20. The van der Waals surface area contributed by atoms with Crippen molar-refractivity contribution >= 4 is 33.7 Å². The fraction of sp³-hybridized carbons (Fsp3) is 0.105. The minimum absolute atomic E-state index is 0.391. The third kappa shape index (κ3) is 2.17. The highest BCUT2D eigenvalue weighted by molar-refractivity contribution is 7.19. The summed E-state index contributed by atoms with van der Waals surface area (Å²) in [5.41, 5.74) is 11.1. The number of thiophene rings is 1. The molecular weight excluding hydrogens is 320 g/mol. The summed E-state index contributed by atoms with van der Waals surface area (Å²) in [5.74, 6) is -0.391. The zero-order chi connectivity index (χ0) is 16.7. The van der Waals surface area contributed by atoms with Gasteiger partial charge in [-0.3, -0.25) is 0 Å².